The second kappa shape index (κ2) is 5.71. The molecular weight excluding hydrogens is 254 g/mol. The Morgan fingerprint density at radius 2 is 1.57 bits per heavy atom. The Bertz CT molecular complexity index is 550. The van der Waals surface area contributed by atoms with Crippen LogP contribution in [0.5, 0.6) is 0 Å². The number of dihydropyridines is 1. The molecule has 0 bridgehead atoms. The molecule has 1 heterocycles. The van der Waals surface area contributed by atoms with Crippen LogP contribution >= 0.6 is 0 Å². The van der Waals surface area contributed by atoms with Crippen molar-refractivity contribution in [1.82, 2.24) is 5.32 Å². The highest BCUT2D eigenvalue weighted by molar-refractivity contribution is 5.70. The smallest absolute Gasteiger partial charge is 0.0403 e. The van der Waals surface area contributed by atoms with E-state index in [0.717, 1.165) is 6.54 Å². The van der Waals surface area contributed by atoms with Crippen LogP contribution in [0.15, 0.2) is 42.1 Å². The monoisotopic (exact) mass is 283 g/mol. The van der Waals surface area contributed by atoms with E-state index in [1.54, 1.807) is 0 Å². The van der Waals surface area contributed by atoms with Gasteiger partial charge in [-0.2, -0.15) is 0 Å². The molecule has 0 aromatic heterocycles. The molecule has 1 N–H and O–H groups in total. The van der Waals surface area contributed by atoms with Crippen LogP contribution in [0.4, 0.5) is 0 Å². The van der Waals surface area contributed by atoms with Crippen LogP contribution in [0.3, 0.4) is 0 Å². The molecule has 1 aromatic carbocycles. The Morgan fingerprint density at radius 3 is 2.05 bits per heavy atom. The van der Waals surface area contributed by atoms with Gasteiger partial charge in [0.15, 0.2) is 0 Å². The number of rotatable bonds is 3. The van der Waals surface area contributed by atoms with E-state index in [9.17, 15) is 0 Å². The zero-order chi connectivity index (χ0) is 15.7. The third-order valence-electron chi connectivity index (χ3n) is 4.10. The van der Waals surface area contributed by atoms with Crippen molar-refractivity contribution in [2.45, 2.75) is 53.4 Å². The minimum absolute atomic E-state index is 0.215. The van der Waals surface area contributed by atoms with Gasteiger partial charge in [-0.15, -0.1) is 0 Å². The van der Waals surface area contributed by atoms with Crippen molar-refractivity contribution >= 4 is 5.57 Å². The van der Waals surface area contributed by atoms with E-state index in [1.165, 1.54) is 28.8 Å². The lowest BCUT2D eigenvalue weighted by molar-refractivity contribution is 0.284. The van der Waals surface area contributed by atoms with E-state index in [-0.39, 0.29) is 5.41 Å². The van der Waals surface area contributed by atoms with Gasteiger partial charge in [-0.25, -0.2) is 0 Å². The standard InChI is InChI=1S/C20H29N/c1-15-7-8-17(13-21-15)16-9-11-18(12-10-16)20(5,6)14-19(2,3)4/h7-12,21H,13-14H2,1-6H3. The Morgan fingerprint density at radius 1 is 0.952 bits per heavy atom. The van der Waals surface area contributed by atoms with Gasteiger partial charge in [0.2, 0.25) is 0 Å². The van der Waals surface area contributed by atoms with Gasteiger partial charge in [-0.05, 0) is 47.0 Å². The summed E-state index contributed by atoms with van der Waals surface area (Å²) < 4.78 is 0. The van der Waals surface area contributed by atoms with Gasteiger partial charge in [-0.1, -0.05) is 65.0 Å². The Kier molecular flexibility index (Phi) is 4.32. The van der Waals surface area contributed by atoms with Gasteiger partial charge in [0.05, 0.1) is 0 Å². The quantitative estimate of drug-likeness (QED) is 0.794. The van der Waals surface area contributed by atoms with Crippen LogP contribution in [0.25, 0.3) is 5.57 Å². The summed E-state index contributed by atoms with van der Waals surface area (Å²) in [5.41, 5.74) is 5.91. The number of hydrogen-bond donors (Lipinski definition) is 1. The summed E-state index contributed by atoms with van der Waals surface area (Å²) in [5, 5.41) is 3.40. The molecule has 0 unspecified atom stereocenters. The van der Waals surface area contributed by atoms with Crippen molar-refractivity contribution in [3.8, 4) is 0 Å². The van der Waals surface area contributed by atoms with Gasteiger partial charge in [0.1, 0.15) is 0 Å². The first kappa shape index (κ1) is 15.9. The predicted molar refractivity (Wildman–Crippen MR) is 93.3 cm³/mol. The molecule has 1 aliphatic heterocycles. The van der Waals surface area contributed by atoms with Crippen LogP contribution in [-0.4, -0.2) is 6.54 Å². The molecule has 0 saturated heterocycles. The summed E-state index contributed by atoms with van der Waals surface area (Å²) in [6.45, 7) is 14.7. The molecule has 21 heavy (non-hydrogen) atoms. The lowest BCUT2D eigenvalue weighted by Crippen LogP contribution is -2.24. The van der Waals surface area contributed by atoms with Crippen LogP contribution in [0.1, 0.15) is 59.1 Å². The van der Waals surface area contributed by atoms with E-state index in [0.29, 0.717) is 5.41 Å². The fraction of sp³-hybridized carbons (Fsp3) is 0.500. The maximum Gasteiger partial charge on any atom is 0.0403 e. The van der Waals surface area contributed by atoms with Crippen molar-refractivity contribution in [2.24, 2.45) is 5.41 Å². The molecule has 0 atom stereocenters. The minimum atomic E-state index is 0.215. The molecule has 1 nitrogen and oxygen atoms in total. The maximum atomic E-state index is 3.40. The summed E-state index contributed by atoms with van der Waals surface area (Å²) in [6.07, 6.45) is 5.56. The van der Waals surface area contributed by atoms with Gasteiger partial charge in [0, 0.05) is 12.2 Å². The summed E-state index contributed by atoms with van der Waals surface area (Å²) in [6, 6.07) is 9.13. The van der Waals surface area contributed by atoms with E-state index >= 15 is 0 Å². The average molecular weight is 283 g/mol. The van der Waals surface area contributed by atoms with E-state index in [1.807, 2.05) is 0 Å². The van der Waals surface area contributed by atoms with Gasteiger partial charge >= 0.3 is 0 Å². The fourth-order valence-electron chi connectivity index (χ4n) is 3.34. The largest absolute Gasteiger partial charge is 0.384 e. The maximum absolute atomic E-state index is 3.40. The molecule has 0 spiro atoms. The Balaban J connectivity index is 2.19. The summed E-state index contributed by atoms with van der Waals surface area (Å²) in [5.74, 6) is 0. The predicted octanol–water partition coefficient (Wildman–Crippen LogP) is 5.29. The van der Waals surface area contributed by atoms with Crippen LogP contribution in [-0.2, 0) is 5.41 Å². The molecule has 1 heteroatoms. The number of nitrogens with one attached hydrogen (secondary N) is 1. The van der Waals surface area contributed by atoms with Crippen molar-refractivity contribution in [3.63, 3.8) is 0 Å². The minimum Gasteiger partial charge on any atom is -0.384 e. The molecule has 0 saturated carbocycles. The van der Waals surface area contributed by atoms with Crippen LogP contribution < -0.4 is 5.32 Å². The first-order valence-corrected chi connectivity index (χ1v) is 7.90. The number of hydrogen-bond acceptors (Lipinski definition) is 1. The van der Waals surface area contributed by atoms with Crippen molar-refractivity contribution in [1.29, 1.82) is 0 Å². The zero-order valence-corrected chi connectivity index (χ0v) is 14.4. The van der Waals surface area contributed by atoms with Crippen LogP contribution in [0, 0.1) is 5.41 Å². The molecular formula is C20H29N. The third-order valence-corrected chi connectivity index (χ3v) is 4.10. The highest BCUT2D eigenvalue weighted by atomic mass is 14.9. The third kappa shape index (κ3) is 4.23. The summed E-state index contributed by atoms with van der Waals surface area (Å²) in [7, 11) is 0. The highest BCUT2D eigenvalue weighted by Crippen LogP contribution is 2.36. The van der Waals surface area contributed by atoms with E-state index in [4.69, 9.17) is 0 Å². The second-order valence-electron chi connectivity index (χ2n) is 8.09. The lowest BCUT2D eigenvalue weighted by Gasteiger charge is -2.33. The first-order chi connectivity index (χ1) is 9.67. The second-order valence-corrected chi connectivity index (χ2v) is 8.09. The molecule has 2 rings (SSSR count). The number of allylic oxidation sites excluding steroid dienone is 3. The van der Waals surface area contributed by atoms with Crippen LogP contribution in [0.2, 0.25) is 0 Å². The average Bonchev–Trinajstić information content (AvgIpc) is 2.37. The normalized spacial score (nSPS) is 16.1. The van der Waals surface area contributed by atoms with Crippen molar-refractivity contribution < 1.29 is 0 Å². The van der Waals surface area contributed by atoms with E-state index in [2.05, 4.69) is 83.3 Å². The SMILES string of the molecule is CC1=CC=C(c2ccc(C(C)(C)CC(C)(C)C)cc2)CN1. The molecule has 0 aliphatic carbocycles. The molecule has 1 aliphatic rings. The molecule has 0 radical (unpaired) electrons. The Labute approximate surface area is 130 Å². The summed E-state index contributed by atoms with van der Waals surface area (Å²) >= 11 is 0. The molecule has 0 fully saturated rings. The number of benzene rings is 1. The van der Waals surface area contributed by atoms with Crippen molar-refractivity contribution in [2.75, 3.05) is 6.54 Å². The Hall–Kier alpha value is -1.50. The fourth-order valence-corrected chi connectivity index (χ4v) is 3.34. The molecule has 1 aromatic rings. The van der Waals surface area contributed by atoms with Gasteiger partial charge < -0.3 is 5.32 Å². The van der Waals surface area contributed by atoms with E-state index < -0.39 is 0 Å². The van der Waals surface area contributed by atoms with Gasteiger partial charge in [0.25, 0.3) is 0 Å². The topological polar surface area (TPSA) is 12.0 Å². The highest BCUT2D eigenvalue weighted by Gasteiger charge is 2.27. The van der Waals surface area contributed by atoms with Gasteiger partial charge in [-0.3, -0.25) is 0 Å². The lowest BCUT2D eigenvalue weighted by atomic mass is 9.72. The zero-order valence-electron chi connectivity index (χ0n) is 14.4. The molecule has 0 amide bonds. The molecule has 114 valence electrons. The summed E-state index contributed by atoms with van der Waals surface area (Å²) in [4.78, 5) is 0. The van der Waals surface area contributed by atoms with Crippen molar-refractivity contribution in [3.05, 3.63) is 53.2 Å². The first-order valence-electron chi connectivity index (χ1n) is 7.90.